The second-order valence-electron chi connectivity index (χ2n) is 3.67. The summed E-state index contributed by atoms with van der Waals surface area (Å²) >= 11 is 1.27. The van der Waals surface area contributed by atoms with E-state index in [9.17, 15) is 9.59 Å². The number of ether oxygens (including phenoxy) is 1. The Balaban J connectivity index is 2.86. The second-order valence-corrected chi connectivity index (χ2v) is 4.77. The van der Waals surface area contributed by atoms with Gasteiger partial charge >= 0.3 is 6.09 Å². The molecule has 0 radical (unpaired) electrons. The summed E-state index contributed by atoms with van der Waals surface area (Å²) in [4.78, 5) is 24.2. The van der Waals surface area contributed by atoms with Gasteiger partial charge in [-0.15, -0.1) is 11.3 Å². The lowest BCUT2D eigenvalue weighted by atomic mass is 10.2. The van der Waals surface area contributed by atoms with Gasteiger partial charge in [-0.2, -0.15) is 0 Å². The Morgan fingerprint density at radius 3 is 2.68 bits per heavy atom. The van der Waals surface area contributed by atoms with Gasteiger partial charge in [-0.25, -0.2) is 4.79 Å². The molecule has 0 aromatic carbocycles. The van der Waals surface area contributed by atoms with Gasteiger partial charge in [0, 0.05) is 18.0 Å². The van der Waals surface area contributed by atoms with Gasteiger partial charge in [-0.1, -0.05) is 6.92 Å². The molecule has 0 aliphatic heterocycles. The zero-order valence-electron chi connectivity index (χ0n) is 11.0. The number of hydrogen-bond acceptors (Lipinski definition) is 5. The molecule has 0 saturated carbocycles. The van der Waals surface area contributed by atoms with Crippen LogP contribution in [0, 0.1) is 0 Å². The summed E-state index contributed by atoms with van der Waals surface area (Å²) in [6, 6.07) is 1.70. The minimum atomic E-state index is -0.580. The summed E-state index contributed by atoms with van der Waals surface area (Å²) in [5.41, 5.74) is 0.321. The van der Waals surface area contributed by atoms with Crippen LogP contribution in [0.15, 0.2) is 6.07 Å². The molecule has 0 fully saturated rings. The van der Waals surface area contributed by atoms with E-state index in [4.69, 9.17) is 9.84 Å². The van der Waals surface area contributed by atoms with Gasteiger partial charge < -0.3 is 20.5 Å². The fraction of sp³-hybridized carbons (Fsp3) is 0.500. The number of aryl methyl sites for hydroxylation is 1. The van der Waals surface area contributed by atoms with E-state index in [-0.39, 0.29) is 24.1 Å². The molecule has 19 heavy (non-hydrogen) atoms. The number of carbonyl (C=O) groups is 2. The lowest BCUT2D eigenvalue weighted by Crippen LogP contribution is -2.29. The highest BCUT2D eigenvalue weighted by molar-refractivity contribution is 7.14. The Kier molecular flexibility index (Phi) is 6.31. The third-order valence-electron chi connectivity index (χ3n) is 2.25. The van der Waals surface area contributed by atoms with Crippen LogP contribution in [-0.2, 0) is 6.42 Å². The van der Waals surface area contributed by atoms with Crippen LogP contribution in [0.2, 0.25) is 0 Å². The number of rotatable bonds is 6. The van der Waals surface area contributed by atoms with Crippen molar-refractivity contribution in [2.24, 2.45) is 0 Å². The smallest absolute Gasteiger partial charge is 0.398 e. The van der Waals surface area contributed by atoms with Crippen LogP contribution < -0.4 is 15.4 Å². The number of thiophene rings is 1. The minimum absolute atomic E-state index is 0.136. The first-order chi connectivity index (χ1) is 9.12. The molecule has 1 rings (SSSR count). The van der Waals surface area contributed by atoms with Crippen LogP contribution in [-0.4, -0.2) is 36.8 Å². The van der Waals surface area contributed by atoms with Crippen molar-refractivity contribution in [1.29, 1.82) is 0 Å². The highest BCUT2D eigenvalue weighted by Crippen LogP contribution is 2.31. The van der Waals surface area contributed by atoms with E-state index in [1.807, 2.05) is 6.92 Å². The highest BCUT2D eigenvalue weighted by atomic mass is 32.1. The molecule has 0 spiro atoms. The number of aliphatic hydroxyl groups is 1. The van der Waals surface area contributed by atoms with E-state index < -0.39 is 6.09 Å². The molecule has 0 saturated heterocycles. The molecule has 0 atom stereocenters. The van der Waals surface area contributed by atoms with Crippen molar-refractivity contribution in [2.75, 3.05) is 19.7 Å². The van der Waals surface area contributed by atoms with Crippen molar-refractivity contribution in [3.05, 3.63) is 16.5 Å². The molecule has 106 valence electrons. The zero-order valence-corrected chi connectivity index (χ0v) is 11.8. The molecule has 2 amide bonds. The second kappa shape index (κ2) is 7.75. The fourth-order valence-corrected chi connectivity index (χ4v) is 2.30. The van der Waals surface area contributed by atoms with Crippen LogP contribution in [0.5, 0.6) is 5.06 Å². The molecule has 0 unspecified atom stereocenters. The monoisotopic (exact) mass is 286 g/mol. The van der Waals surface area contributed by atoms with Gasteiger partial charge in [0.05, 0.1) is 12.2 Å². The van der Waals surface area contributed by atoms with Gasteiger partial charge in [0.15, 0.2) is 5.06 Å². The molecular formula is C12H18N2O4S. The predicted molar refractivity (Wildman–Crippen MR) is 72.8 cm³/mol. The number of amides is 2. The fourth-order valence-electron chi connectivity index (χ4n) is 1.36. The SMILES string of the molecule is CCNC(=O)Oc1sc(CC)cc1C(=O)NCCO. The van der Waals surface area contributed by atoms with Crippen LogP contribution in [0.1, 0.15) is 29.1 Å². The zero-order chi connectivity index (χ0) is 14.3. The van der Waals surface area contributed by atoms with Gasteiger partial charge in [0.1, 0.15) is 0 Å². The first kappa shape index (κ1) is 15.5. The molecule has 7 heteroatoms. The summed E-state index contributed by atoms with van der Waals surface area (Å²) in [7, 11) is 0. The summed E-state index contributed by atoms with van der Waals surface area (Å²) in [6.45, 7) is 4.22. The van der Waals surface area contributed by atoms with E-state index in [0.717, 1.165) is 11.3 Å². The Bertz CT molecular complexity index is 445. The van der Waals surface area contributed by atoms with E-state index in [1.54, 1.807) is 13.0 Å². The van der Waals surface area contributed by atoms with Crippen molar-refractivity contribution >= 4 is 23.3 Å². The number of nitrogens with one attached hydrogen (secondary N) is 2. The van der Waals surface area contributed by atoms with E-state index in [2.05, 4.69) is 10.6 Å². The molecule has 0 aliphatic carbocycles. The maximum atomic E-state index is 11.9. The largest absolute Gasteiger partial charge is 0.413 e. The van der Waals surface area contributed by atoms with Crippen molar-refractivity contribution in [3.63, 3.8) is 0 Å². The molecule has 0 aliphatic rings. The molecule has 6 nitrogen and oxygen atoms in total. The Labute approximate surface area is 115 Å². The Hall–Kier alpha value is -1.60. The van der Waals surface area contributed by atoms with Crippen molar-refractivity contribution in [2.45, 2.75) is 20.3 Å². The van der Waals surface area contributed by atoms with Gasteiger partial charge in [0.25, 0.3) is 5.91 Å². The first-order valence-electron chi connectivity index (χ1n) is 6.09. The average Bonchev–Trinajstić information content (AvgIpc) is 2.79. The maximum absolute atomic E-state index is 11.9. The van der Waals surface area contributed by atoms with Gasteiger partial charge in [0.2, 0.25) is 0 Å². The molecule has 1 heterocycles. The lowest BCUT2D eigenvalue weighted by molar-refractivity contribution is 0.0943. The number of hydrogen-bond donors (Lipinski definition) is 3. The predicted octanol–water partition coefficient (Wildman–Crippen LogP) is 1.14. The highest BCUT2D eigenvalue weighted by Gasteiger charge is 2.18. The van der Waals surface area contributed by atoms with Crippen LogP contribution in [0.3, 0.4) is 0 Å². The normalized spacial score (nSPS) is 10.1. The summed E-state index contributed by atoms with van der Waals surface area (Å²) in [5, 5.41) is 14.0. The van der Waals surface area contributed by atoms with Crippen LogP contribution >= 0.6 is 11.3 Å². The first-order valence-corrected chi connectivity index (χ1v) is 6.91. The summed E-state index contributed by atoms with van der Waals surface area (Å²) < 4.78 is 5.11. The Morgan fingerprint density at radius 1 is 1.37 bits per heavy atom. The standard InChI is InChI=1S/C12H18N2O4S/c1-3-8-7-9(10(16)14-5-6-15)11(19-8)18-12(17)13-4-2/h7,15H,3-6H2,1-2H3,(H,13,17)(H,14,16). The van der Waals surface area contributed by atoms with Gasteiger partial charge in [-0.05, 0) is 19.4 Å². The summed E-state index contributed by atoms with van der Waals surface area (Å²) in [5.74, 6) is -0.357. The van der Waals surface area contributed by atoms with Crippen LogP contribution in [0.25, 0.3) is 0 Å². The molecule has 1 aromatic heterocycles. The Morgan fingerprint density at radius 2 is 2.11 bits per heavy atom. The average molecular weight is 286 g/mol. The van der Waals surface area contributed by atoms with Crippen molar-refractivity contribution in [1.82, 2.24) is 10.6 Å². The van der Waals surface area contributed by atoms with Crippen LogP contribution in [0.4, 0.5) is 4.79 Å². The minimum Gasteiger partial charge on any atom is -0.398 e. The number of aliphatic hydroxyl groups excluding tert-OH is 1. The molecule has 1 aromatic rings. The van der Waals surface area contributed by atoms with E-state index in [0.29, 0.717) is 12.1 Å². The van der Waals surface area contributed by atoms with Gasteiger partial charge in [-0.3, -0.25) is 4.79 Å². The number of carbonyl (C=O) groups excluding carboxylic acids is 2. The maximum Gasteiger partial charge on any atom is 0.413 e. The van der Waals surface area contributed by atoms with Crippen molar-refractivity contribution < 1.29 is 19.4 Å². The quantitative estimate of drug-likeness (QED) is 0.732. The molecule has 3 N–H and O–H groups in total. The van der Waals surface area contributed by atoms with E-state index >= 15 is 0 Å². The molecule has 0 bridgehead atoms. The topological polar surface area (TPSA) is 87.7 Å². The lowest BCUT2D eigenvalue weighted by Gasteiger charge is -2.05. The summed E-state index contributed by atoms with van der Waals surface area (Å²) in [6.07, 6.45) is 0.173. The third-order valence-corrected chi connectivity index (χ3v) is 3.40. The van der Waals surface area contributed by atoms with Crippen molar-refractivity contribution in [3.8, 4) is 5.06 Å². The van der Waals surface area contributed by atoms with E-state index in [1.165, 1.54) is 11.3 Å². The molecular weight excluding hydrogens is 268 g/mol. The third kappa shape index (κ3) is 4.53.